The van der Waals surface area contributed by atoms with Crippen LogP contribution in [0, 0.1) is 11.6 Å². The SMILES string of the molecule is N[C@H]1C[C@@H](N[C@@H]2C[C@H]2c2ccc(F)c(F)c2)C1. The highest BCUT2D eigenvalue weighted by Crippen LogP contribution is 2.42. The van der Waals surface area contributed by atoms with E-state index in [1.54, 1.807) is 6.07 Å². The third-order valence-corrected chi connectivity index (χ3v) is 3.79. The summed E-state index contributed by atoms with van der Waals surface area (Å²) in [4.78, 5) is 0. The molecule has 0 aliphatic heterocycles. The summed E-state index contributed by atoms with van der Waals surface area (Å²) >= 11 is 0. The van der Waals surface area contributed by atoms with E-state index in [0.29, 0.717) is 24.0 Å². The summed E-state index contributed by atoms with van der Waals surface area (Å²) in [6.45, 7) is 0. The molecule has 0 saturated heterocycles. The zero-order valence-electron chi connectivity index (χ0n) is 9.50. The van der Waals surface area contributed by atoms with Crippen LogP contribution in [-0.4, -0.2) is 18.1 Å². The van der Waals surface area contributed by atoms with Crippen LogP contribution in [0.4, 0.5) is 8.78 Å². The van der Waals surface area contributed by atoms with Gasteiger partial charge in [0, 0.05) is 24.0 Å². The molecule has 2 aliphatic rings. The number of benzene rings is 1. The molecular formula is C13H16F2N2. The van der Waals surface area contributed by atoms with Crippen LogP contribution in [0.15, 0.2) is 18.2 Å². The topological polar surface area (TPSA) is 38.0 Å². The van der Waals surface area contributed by atoms with Crippen LogP contribution >= 0.6 is 0 Å². The molecule has 92 valence electrons. The average Bonchev–Trinajstić information content (AvgIpc) is 2.99. The van der Waals surface area contributed by atoms with Crippen molar-refractivity contribution in [2.75, 3.05) is 0 Å². The van der Waals surface area contributed by atoms with Gasteiger partial charge in [-0.2, -0.15) is 0 Å². The normalized spacial score (nSPS) is 35.5. The Balaban J connectivity index is 1.58. The molecule has 1 aromatic carbocycles. The molecule has 2 saturated carbocycles. The molecule has 0 unspecified atom stereocenters. The number of rotatable bonds is 3. The van der Waals surface area contributed by atoms with Gasteiger partial charge in [-0.3, -0.25) is 0 Å². The fraction of sp³-hybridized carbons (Fsp3) is 0.538. The number of hydrogen-bond acceptors (Lipinski definition) is 2. The standard InChI is InChI=1S/C13H16F2N2/c14-11-2-1-7(3-12(11)15)10-6-13(10)17-9-4-8(16)5-9/h1-3,8-10,13,17H,4-6,16H2/t8-,9+,10-,13+/m0/s1. The van der Waals surface area contributed by atoms with Gasteiger partial charge in [-0.05, 0) is 37.0 Å². The van der Waals surface area contributed by atoms with E-state index in [1.807, 2.05) is 0 Å². The maximum Gasteiger partial charge on any atom is 0.159 e. The molecule has 0 bridgehead atoms. The molecular weight excluding hydrogens is 222 g/mol. The second-order valence-electron chi connectivity index (χ2n) is 5.22. The molecule has 0 amide bonds. The van der Waals surface area contributed by atoms with Gasteiger partial charge in [-0.25, -0.2) is 8.78 Å². The van der Waals surface area contributed by atoms with Gasteiger partial charge in [-0.15, -0.1) is 0 Å². The van der Waals surface area contributed by atoms with E-state index < -0.39 is 11.6 Å². The number of nitrogens with one attached hydrogen (secondary N) is 1. The Labute approximate surface area is 99.2 Å². The average molecular weight is 238 g/mol. The molecule has 4 heteroatoms. The van der Waals surface area contributed by atoms with Gasteiger partial charge in [-0.1, -0.05) is 6.07 Å². The predicted octanol–water partition coefficient (Wildman–Crippen LogP) is 1.90. The lowest BCUT2D eigenvalue weighted by atomic mass is 9.87. The van der Waals surface area contributed by atoms with Crippen molar-refractivity contribution in [1.29, 1.82) is 0 Å². The van der Waals surface area contributed by atoms with Crippen LogP contribution in [-0.2, 0) is 0 Å². The quantitative estimate of drug-likeness (QED) is 0.844. The van der Waals surface area contributed by atoms with Gasteiger partial charge in [0.05, 0.1) is 0 Å². The van der Waals surface area contributed by atoms with E-state index >= 15 is 0 Å². The minimum Gasteiger partial charge on any atom is -0.328 e. The molecule has 2 aliphatic carbocycles. The van der Waals surface area contributed by atoms with Crippen molar-refractivity contribution < 1.29 is 8.78 Å². The predicted molar refractivity (Wildman–Crippen MR) is 61.6 cm³/mol. The lowest BCUT2D eigenvalue weighted by Crippen LogP contribution is -2.49. The molecule has 2 nitrogen and oxygen atoms in total. The third kappa shape index (κ3) is 2.19. The zero-order chi connectivity index (χ0) is 12.0. The smallest absolute Gasteiger partial charge is 0.159 e. The first kappa shape index (κ1) is 11.1. The van der Waals surface area contributed by atoms with Crippen LogP contribution in [0.25, 0.3) is 0 Å². The molecule has 0 radical (unpaired) electrons. The van der Waals surface area contributed by atoms with Gasteiger partial charge >= 0.3 is 0 Å². The number of hydrogen-bond donors (Lipinski definition) is 2. The molecule has 3 N–H and O–H groups in total. The molecule has 0 spiro atoms. The Kier molecular flexibility index (Phi) is 2.64. The molecule has 1 aromatic rings. The lowest BCUT2D eigenvalue weighted by Gasteiger charge is -2.33. The summed E-state index contributed by atoms with van der Waals surface area (Å²) in [5.41, 5.74) is 6.61. The molecule has 0 aromatic heterocycles. The number of nitrogens with two attached hydrogens (primary N) is 1. The largest absolute Gasteiger partial charge is 0.328 e. The Morgan fingerprint density at radius 3 is 2.53 bits per heavy atom. The number of halogens is 2. The van der Waals surface area contributed by atoms with E-state index in [2.05, 4.69) is 5.32 Å². The molecule has 17 heavy (non-hydrogen) atoms. The summed E-state index contributed by atoms with van der Waals surface area (Å²) in [6, 6.07) is 5.47. The van der Waals surface area contributed by atoms with Gasteiger partial charge in [0.15, 0.2) is 11.6 Å². The van der Waals surface area contributed by atoms with Crippen molar-refractivity contribution in [3.63, 3.8) is 0 Å². The van der Waals surface area contributed by atoms with Crippen LogP contribution in [0.1, 0.15) is 30.7 Å². The Bertz CT molecular complexity index is 429. The second kappa shape index (κ2) is 4.03. The van der Waals surface area contributed by atoms with E-state index in [0.717, 1.165) is 24.8 Å². The Morgan fingerprint density at radius 2 is 1.88 bits per heavy atom. The van der Waals surface area contributed by atoms with Crippen LogP contribution < -0.4 is 11.1 Å². The first-order chi connectivity index (χ1) is 8.13. The van der Waals surface area contributed by atoms with E-state index in [4.69, 9.17) is 5.73 Å². The van der Waals surface area contributed by atoms with Gasteiger partial charge in [0.2, 0.25) is 0 Å². The van der Waals surface area contributed by atoms with Crippen molar-refractivity contribution in [2.45, 2.75) is 43.3 Å². The van der Waals surface area contributed by atoms with Crippen molar-refractivity contribution >= 4 is 0 Å². The fourth-order valence-electron chi connectivity index (χ4n) is 2.59. The Hall–Kier alpha value is -1.00. The molecule has 2 atom stereocenters. The highest BCUT2D eigenvalue weighted by atomic mass is 19.2. The summed E-state index contributed by atoms with van der Waals surface area (Å²) < 4.78 is 25.9. The zero-order valence-corrected chi connectivity index (χ0v) is 9.50. The molecule has 0 heterocycles. The first-order valence-electron chi connectivity index (χ1n) is 6.10. The monoisotopic (exact) mass is 238 g/mol. The Morgan fingerprint density at radius 1 is 1.12 bits per heavy atom. The van der Waals surface area contributed by atoms with Crippen molar-refractivity contribution in [3.05, 3.63) is 35.4 Å². The highest BCUT2D eigenvalue weighted by Gasteiger charge is 2.41. The van der Waals surface area contributed by atoms with Gasteiger partial charge in [0.1, 0.15) is 0 Å². The van der Waals surface area contributed by atoms with Crippen molar-refractivity contribution in [1.82, 2.24) is 5.32 Å². The van der Waals surface area contributed by atoms with Gasteiger partial charge in [0.25, 0.3) is 0 Å². The maximum absolute atomic E-state index is 13.1. The van der Waals surface area contributed by atoms with Crippen LogP contribution in [0.5, 0.6) is 0 Å². The van der Waals surface area contributed by atoms with Gasteiger partial charge < -0.3 is 11.1 Å². The highest BCUT2D eigenvalue weighted by molar-refractivity contribution is 5.29. The lowest BCUT2D eigenvalue weighted by molar-refractivity contribution is 0.289. The fourth-order valence-corrected chi connectivity index (χ4v) is 2.59. The summed E-state index contributed by atoms with van der Waals surface area (Å²) in [5.74, 6) is -1.19. The van der Waals surface area contributed by atoms with E-state index in [9.17, 15) is 8.78 Å². The first-order valence-corrected chi connectivity index (χ1v) is 6.10. The van der Waals surface area contributed by atoms with Crippen molar-refractivity contribution in [3.8, 4) is 0 Å². The van der Waals surface area contributed by atoms with E-state index in [1.165, 1.54) is 12.1 Å². The van der Waals surface area contributed by atoms with Crippen molar-refractivity contribution in [2.24, 2.45) is 5.73 Å². The minimum atomic E-state index is -0.774. The van der Waals surface area contributed by atoms with Crippen LogP contribution in [0.2, 0.25) is 0 Å². The summed E-state index contributed by atoms with van der Waals surface area (Å²) in [6.07, 6.45) is 3.07. The minimum absolute atomic E-state index is 0.335. The molecule has 3 rings (SSSR count). The second-order valence-corrected chi connectivity index (χ2v) is 5.22. The van der Waals surface area contributed by atoms with E-state index in [-0.39, 0.29) is 0 Å². The maximum atomic E-state index is 13.1. The summed E-state index contributed by atoms with van der Waals surface area (Å²) in [7, 11) is 0. The molecule has 2 fully saturated rings. The third-order valence-electron chi connectivity index (χ3n) is 3.79. The van der Waals surface area contributed by atoms with Crippen LogP contribution in [0.3, 0.4) is 0 Å². The summed E-state index contributed by atoms with van der Waals surface area (Å²) in [5, 5.41) is 3.51.